The Hall–Kier alpha value is -1.58. The first-order valence-corrected chi connectivity index (χ1v) is 6.86. The molecule has 3 heteroatoms. The Kier molecular flexibility index (Phi) is 3.67. The Labute approximate surface area is 113 Å². The van der Waals surface area contributed by atoms with Crippen molar-refractivity contribution >= 4 is 0 Å². The van der Waals surface area contributed by atoms with E-state index in [0.717, 1.165) is 30.6 Å². The molecule has 100 valence electrons. The smallest absolute Gasteiger partial charge is 0.108 e. The second-order valence-corrected chi connectivity index (χ2v) is 5.06. The van der Waals surface area contributed by atoms with E-state index < -0.39 is 0 Å². The Morgan fingerprint density at radius 3 is 2.89 bits per heavy atom. The lowest BCUT2D eigenvalue weighted by molar-refractivity contribution is 0.227. The van der Waals surface area contributed by atoms with Crippen molar-refractivity contribution in [3.8, 4) is 0 Å². The predicted octanol–water partition coefficient (Wildman–Crippen LogP) is 2.98. The number of nitrogens with one attached hydrogen (secondary N) is 1. The van der Waals surface area contributed by atoms with E-state index in [4.69, 9.17) is 4.42 Å². The number of furan rings is 1. The minimum atomic E-state index is -0.0213. The summed E-state index contributed by atoms with van der Waals surface area (Å²) in [6, 6.07) is 12.4. The van der Waals surface area contributed by atoms with E-state index in [1.165, 1.54) is 5.56 Å². The van der Waals surface area contributed by atoms with E-state index in [2.05, 4.69) is 5.32 Å². The molecule has 1 heterocycles. The topological polar surface area (TPSA) is 45.4 Å². The van der Waals surface area contributed by atoms with Crippen LogP contribution < -0.4 is 5.32 Å². The van der Waals surface area contributed by atoms with Crippen LogP contribution in [0.2, 0.25) is 0 Å². The molecule has 19 heavy (non-hydrogen) atoms. The van der Waals surface area contributed by atoms with Crippen molar-refractivity contribution in [2.75, 3.05) is 6.61 Å². The first-order chi connectivity index (χ1) is 9.38. The highest BCUT2D eigenvalue weighted by Gasteiger charge is 2.25. The van der Waals surface area contributed by atoms with Crippen LogP contribution in [0.3, 0.4) is 0 Å². The Morgan fingerprint density at radius 2 is 2.11 bits per heavy atom. The average Bonchev–Trinajstić information content (AvgIpc) is 2.95. The lowest BCUT2D eigenvalue weighted by Gasteiger charge is -2.27. The zero-order valence-corrected chi connectivity index (χ0v) is 10.9. The minimum absolute atomic E-state index is 0.0213. The highest BCUT2D eigenvalue weighted by molar-refractivity contribution is 5.26. The maximum absolute atomic E-state index is 9.62. The van der Waals surface area contributed by atoms with Crippen molar-refractivity contribution in [1.29, 1.82) is 0 Å². The molecular weight excluding hydrogens is 238 g/mol. The van der Waals surface area contributed by atoms with Gasteiger partial charge in [0.15, 0.2) is 0 Å². The molecule has 2 N–H and O–H groups in total. The van der Waals surface area contributed by atoms with Crippen molar-refractivity contribution in [1.82, 2.24) is 5.32 Å². The van der Waals surface area contributed by atoms with Crippen LogP contribution in [0.25, 0.3) is 0 Å². The van der Waals surface area contributed by atoms with Gasteiger partial charge in [-0.2, -0.15) is 0 Å². The Bertz CT molecular complexity index is 521. The molecule has 2 atom stereocenters. The summed E-state index contributed by atoms with van der Waals surface area (Å²) < 4.78 is 5.50. The SMILES string of the molecule is OC[C@H](NC1CCCc2occc21)c1ccccc1. The quantitative estimate of drug-likeness (QED) is 0.885. The van der Waals surface area contributed by atoms with Gasteiger partial charge in [0.05, 0.1) is 18.9 Å². The van der Waals surface area contributed by atoms with E-state index in [-0.39, 0.29) is 18.7 Å². The van der Waals surface area contributed by atoms with Crippen LogP contribution in [0.15, 0.2) is 47.1 Å². The predicted molar refractivity (Wildman–Crippen MR) is 73.8 cm³/mol. The molecule has 0 spiro atoms. The summed E-state index contributed by atoms with van der Waals surface area (Å²) in [6.07, 6.45) is 5.01. The summed E-state index contributed by atoms with van der Waals surface area (Å²) in [6.45, 7) is 0.105. The van der Waals surface area contributed by atoms with Gasteiger partial charge in [0.1, 0.15) is 5.76 Å². The summed E-state index contributed by atoms with van der Waals surface area (Å²) in [5, 5.41) is 13.2. The molecule has 1 unspecified atom stereocenters. The molecule has 0 amide bonds. The molecule has 0 saturated carbocycles. The van der Waals surface area contributed by atoms with Crippen molar-refractivity contribution < 1.29 is 9.52 Å². The molecule has 0 saturated heterocycles. The lowest BCUT2D eigenvalue weighted by Crippen LogP contribution is -2.30. The first-order valence-electron chi connectivity index (χ1n) is 6.86. The maximum atomic E-state index is 9.62. The summed E-state index contributed by atoms with van der Waals surface area (Å²) in [4.78, 5) is 0. The van der Waals surface area contributed by atoms with E-state index >= 15 is 0 Å². The number of aliphatic hydroxyl groups is 1. The molecular formula is C16H19NO2. The molecule has 3 nitrogen and oxygen atoms in total. The molecule has 0 radical (unpaired) electrons. The third kappa shape index (κ3) is 2.57. The van der Waals surface area contributed by atoms with Crippen LogP contribution in [0.4, 0.5) is 0 Å². The van der Waals surface area contributed by atoms with Crippen molar-refractivity contribution in [2.24, 2.45) is 0 Å². The van der Waals surface area contributed by atoms with Crippen molar-refractivity contribution in [3.05, 3.63) is 59.5 Å². The highest BCUT2D eigenvalue weighted by Crippen LogP contribution is 2.32. The second-order valence-electron chi connectivity index (χ2n) is 5.06. The van der Waals surface area contributed by atoms with Crippen LogP contribution in [0, 0.1) is 0 Å². The van der Waals surface area contributed by atoms with E-state index in [1.807, 2.05) is 36.4 Å². The monoisotopic (exact) mass is 257 g/mol. The number of aryl methyl sites for hydroxylation is 1. The Balaban J connectivity index is 1.78. The molecule has 3 rings (SSSR count). The molecule has 1 aromatic carbocycles. The van der Waals surface area contributed by atoms with Gasteiger partial charge in [-0.15, -0.1) is 0 Å². The molecule has 1 aliphatic rings. The van der Waals surface area contributed by atoms with Crippen molar-refractivity contribution in [3.63, 3.8) is 0 Å². The van der Waals surface area contributed by atoms with E-state index in [9.17, 15) is 5.11 Å². The zero-order chi connectivity index (χ0) is 13.1. The lowest BCUT2D eigenvalue weighted by atomic mass is 9.92. The molecule has 1 aliphatic carbocycles. The fourth-order valence-electron chi connectivity index (χ4n) is 2.84. The van der Waals surface area contributed by atoms with Gasteiger partial charge in [-0.3, -0.25) is 0 Å². The van der Waals surface area contributed by atoms with Gasteiger partial charge in [0.25, 0.3) is 0 Å². The number of fused-ring (bicyclic) bond motifs is 1. The molecule has 2 aromatic rings. The summed E-state index contributed by atoms with van der Waals surface area (Å²) >= 11 is 0. The van der Waals surface area contributed by atoms with Crippen molar-refractivity contribution in [2.45, 2.75) is 31.3 Å². The van der Waals surface area contributed by atoms with Gasteiger partial charge in [0.2, 0.25) is 0 Å². The van der Waals surface area contributed by atoms with Crippen LogP contribution in [0.1, 0.15) is 41.8 Å². The van der Waals surface area contributed by atoms with Crippen LogP contribution >= 0.6 is 0 Å². The fourth-order valence-corrected chi connectivity index (χ4v) is 2.84. The third-order valence-corrected chi connectivity index (χ3v) is 3.84. The number of hydrogen-bond acceptors (Lipinski definition) is 3. The molecule has 1 aromatic heterocycles. The van der Waals surface area contributed by atoms with Gasteiger partial charge < -0.3 is 14.8 Å². The average molecular weight is 257 g/mol. The highest BCUT2D eigenvalue weighted by atomic mass is 16.3. The second kappa shape index (κ2) is 5.59. The van der Waals surface area contributed by atoms with Crippen LogP contribution in [-0.2, 0) is 6.42 Å². The fraction of sp³-hybridized carbons (Fsp3) is 0.375. The number of rotatable bonds is 4. The minimum Gasteiger partial charge on any atom is -0.469 e. The Morgan fingerprint density at radius 1 is 1.26 bits per heavy atom. The molecule has 0 bridgehead atoms. The van der Waals surface area contributed by atoms with E-state index in [0.29, 0.717) is 0 Å². The van der Waals surface area contributed by atoms with Crippen LogP contribution in [0.5, 0.6) is 0 Å². The maximum Gasteiger partial charge on any atom is 0.108 e. The van der Waals surface area contributed by atoms with E-state index in [1.54, 1.807) is 6.26 Å². The van der Waals surface area contributed by atoms with Gasteiger partial charge >= 0.3 is 0 Å². The number of hydrogen-bond donors (Lipinski definition) is 2. The third-order valence-electron chi connectivity index (χ3n) is 3.84. The van der Waals surface area contributed by atoms with Gasteiger partial charge in [-0.05, 0) is 24.5 Å². The van der Waals surface area contributed by atoms with Gasteiger partial charge in [-0.25, -0.2) is 0 Å². The normalized spacial score (nSPS) is 19.9. The first kappa shape index (κ1) is 12.5. The largest absolute Gasteiger partial charge is 0.469 e. The van der Waals surface area contributed by atoms with Gasteiger partial charge in [-0.1, -0.05) is 30.3 Å². The standard InChI is InChI=1S/C16H19NO2/c18-11-15(12-5-2-1-3-6-12)17-14-7-4-8-16-13(14)9-10-19-16/h1-3,5-6,9-10,14-15,17-18H,4,7-8,11H2/t14?,15-/m0/s1. The number of aliphatic hydroxyl groups excluding tert-OH is 1. The van der Waals surface area contributed by atoms with Gasteiger partial charge in [0, 0.05) is 18.0 Å². The molecule has 0 fully saturated rings. The summed E-state index contributed by atoms with van der Waals surface area (Å²) in [5.41, 5.74) is 2.38. The molecule has 0 aliphatic heterocycles. The summed E-state index contributed by atoms with van der Waals surface area (Å²) in [7, 11) is 0. The number of benzene rings is 1. The zero-order valence-electron chi connectivity index (χ0n) is 10.9. The van der Waals surface area contributed by atoms with Crippen LogP contribution in [-0.4, -0.2) is 11.7 Å². The summed E-state index contributed by atoms with van der Waals surface area (Å²) in [5.74, 6) is 1.09.